The molecule has 0 aromatic heterocycles. The third-order valence-corrected chi connectivity index (χ3v) is 2.62. The van der Waals surface area contributed by atoms with Gasteiger partial charge >= 0.3 is 0 Å². The molecule has 0 radical (unpaired) electrons. The standard InChI is InChI=1S/C13H19FN2O/c1-10(11-4-6-12(14)7-5-11)13(17)15-8-9-16(2)3/h4-7,10H,8-9H2,1-3H3,(H,15,17). The van der Waals surface area contributed by atoms with Crippen LogP contribution in [0.4, 0.5) is 4.39 Å². The van der Waals surface area contributed by atoms with Crippen LogP contribution in [0.2, 0.25) is 0 Å². The topological polar surface area (TPSA) is 32.3 Å². The molecular weight excluding hydrogens is 219 g/mol. The summed E-state index contributed by atoms with van der Waals surface area (Å²) in [6.45, 7) is 3.25. The lowest BCUT2D eigenvalue weighted by Gasteiger charge is -2.14. The Morgan fingerprint density at radius 3 is 2.47 bits per heavy atom. The molecule has 0 saturated heterocycles. The molecule has 0 bridgehead atoms. The zero-order valence-electron chi connectivity index (χ0n) is 10.5. The van der Waals surface area contributed by atoms with Crippen molar-refractivity contribution in [1.29, 1.82) is 0 Å². The fourth-order valence-electron chi connectivity index (χ4n) is 1.46. The molecule has 1 aromatic carbocycles. The highest BCUT2D eigenvalue weighted by molar-refractivity contribution is 5.83. The summed E-state index contributed by atoms with van der Waals surface area (Å²) in [4.78, 5) is 13.8. The lowest BCUT2D eigenvalue weighted by Crippen LogP contribution is -2.33. The molecule has 1 aromatic rings. The lowest BCUT2D eigenvalue weighted by molar-refractivity contribution is -0.122. The molecule has 1 rings (SSSR count). The first-order valence-corrected chi connectivity index (χ1v) is 5.68. The normalized spacial score (nSPS) is 12.5. The van der Waals surface area contributed by atoms with E-state index in [0.29, 0.717) is 6.54 Å². The van der Waals surface area contributed by atoms with Gasteiger partial charge in [0.05, 0.1) is 5.92 Å². The number of rotatable bonds is 5. The summed E-state index contributed by atoms with van der Waals surface area (Å²) in [5.41, 5.74) is 0.828. The van der Waals surface area contributed by atoms with Crippen LogP contribution < -0.4 is 5.32 Å². The van der Waals surface area contributed by atoms with Crippen LogP contribution in [0.25, 0.3) is 0 Å². The summed E-state index contributed by atoms with van der Waals surface area (Å²) in [7, 11) is 3.91. The second kappa shape index (κ2) is 6.35. The highest BCUT2D eigenvalue weighted by Gasteiger charge is 2.14. The van der Waals surface area contributed by atoms with Gasteiger partial charge in [-0.2, -0.15) is 0 Å². The first-order valence-electron chi connectivity index (χ1n) is 5.68. The molecular formula is C13H19FN2O. The predicted molar refractivity (Wildman–Crippen MR) is 66.4 cm³/mol. The molecule has 0 saturated carbocycles. The number of halogens is 1. The highest BCUT2D eigenvalue weighted by Crippen LogP contribution is 2.15. The molecule has 1 N–H and O–H groups in total. The van der Waals surface area contributed by atoms with Crippen molar-refractivity contribution in [2.75, 3.05) is 27.2 Å². The first-order chi connectivity index (χ1) is 8.00. The minimum atomic E-state index is -0.283. The number of hydrogen-bond donors (Lipinski definition) is 1. The van der Waals surface area contributed by atoms with Gasteiger partial charge in [-0.15, -0.1) is 0 Å². The van der Waals surface area contributed by atoms with Gasteiger partial charge in [0.2, 0.25) is 5.91 Å². The monoisotopic (exact) mass is 238 g/mol. The first kappa shape index (κ1) is 13.6. The smallest absolute Gasteiger partial charge is 0.227 e. The van der Waals surface area contributed by atoms with Crippen molar-refractivity contribution in [3.05, 3.63) is 35.6 Å². The molecule has 1 unspecified atom stereocenters. The number of carbonyl (C=O) groups is 1. The fraction of sp³-hybridized carbons (Fsp3) is 0.462. The van der Waals surface area contributed by atoms with Crippen LogP contribution >= 0.6 is 0 Å². The molecule has 0 aliphatic heterocycles. The van der Waals surface area contributed by atoms with Crippen molar-refractivity contribution < 1.29 is 9.18 Å². The van der Waals surface area contributed by atoms with Crippen molar-refractivity contribution in [3.63, 3.8) is 0 Å². The quantitative estimate of drug-likeness (QED) is 0.845. The maximum absolute atomic E-state index is 12.7. The van der Waals surface area contributed by atoms with Crippen LogP contribution in [0.1, 0.15) is 18.4 Å². The van der Waals surface area contributed by atoms with Crippen molar-refractivity contribution in [3.8, 4) is 0 Å². The van der Waals surface area contributed by atoms with Crippen molar-refractivity contribution >= 4 is 5.91 Å². The van der Waals surface area contributed by atoms with Gasteiger partial charge in [0.25, 0.3) is 0 Å². The van der Waals surface area contributed by atoms with Gasteiger partial charge in [0.15, 0.2) is 0 Å². The predicted octanol–water partition coefficient (Wildman–Crippen LogP) is 1.61. The Kier molecular flexibility index (Phi) is 5.10. The van der Waals surface area contributed by atoms with Gasteiger partial charge in [-0.1, -0.05) is 12.1 Å². The van der Waals surface area contributed by atoms with Crippen LogP contribution in [0.5, 0.6) is 0 Å². The largest absolute Gasteiger partial charge is 0.354 e. The van der Waals surface area contributed by atoms with E-state index >= 15 is 0 Å². The Balaban J connectivity index is 2.49. The van der Waals surface area contributed by atoms with E-state index in [1.165, 1.54) is 12.1 Å². The molecule has 0 heterocycles. The molecule has 0 fully saturated rings. The third-order valence-electron chi connectivity index (χ3n) is 2.62. The number of benzene rings is 1. The summed E-state index contributed by atoms with van der Waals surface area (Å²) >= 11 is 0. The summed E-state index contributed by atoms with van der Waals surface area (Å²) < 4.78 is 12.7. The zero-order valence-corrected chi connectivity index (χ0v) is 10.5. The van der Waals surface area contributed by atoms with Gasteiger partial charge in [-0.3, -0.25) is 4.79 Å². The van der Waals surface area contributed by atoms with Crippen molar-refractivity contribution in [2.45, 2.75) is 12.8 Å². The number of nitrogens with zero attached hydrogens (tertiary/aromatic N) is 1. The second-order valence-corrected chi connectivity index (χ2v) is 4.37. The minimum Gasteiger partial charge on any atom is -0.354 e. The Bertz CT molecular complexity index is 362. The van der Waals surface area contributed by atoms with Gasteiger partial charge in [-0.05, 0) is 38.7 Å². The van der Waals surface area contributed by atoms with E-state index in [2.05, 4.69) is 5.32 Å². The van der Waals surface area contributed by atoms with E-state index in [-0.39, 0.29) is 17.6 Å². The number of hydrogen-bond acceptors (Lipinski definition) is 2. The summed E-state index contributed by atoms with van der Waals surface area (Å²) in [5, 5.41) is 2.85. The number of amides is 1. The molecule has 1 amide bonds. The summed E-state index contributed by atoms with van der Waals surface area (Å²) in [6, 6.07) is 6.04. The Labute approximate surface area is 102 Å². The molecule has 17 heavy (non-hydrogen) atoms. The molecule has 1 atom stereocenters. The number of nitrogens with one attached hydrogen (secondary N) is 1. The van der Waals surface area contributed by atoms with Crippen LogP contribution in [-0.4, -0.2) is 38.0 Å². The molecule has 4 heteroatoms. The zero-order chi connectivity index (χ0) is 12.8. The maximum Gasteiger partial charge on any atom is 0.227 e. The maximum atomic E-state index is 12.7. The van der Waals surface area contributed by atoms with E-state index in [1.807, 2.05) is 25.9 Å². The third kappa shape index (κ3) is 4.53. The van der Waals surface area contributed by atoms with Gasteiger partial charge < -0.3 is 10.2 Å². The van der Waals surface area contributed by atoms with Crippen molar-refractivity contribution in [2.24, 2.45) is 0 Å². The van der Waals surface area contributed by atoms with E-state index < -0.39 is 0 Å². The molecule has 0 aliphatic rings. The molecule has 3 nitrogen and oxygen atoms in total. The van der Waals surface area contributed by atoms with Gasteiger partial charge in [-0.25, -0.2) is 4.39 Å². The SMILES string of the molecule is CC(C(=O)NCCN(C)C)c1ccc(F)cc1. The van der Waals surface area contributed by atoms with E-state index in [1.54, 1.807) is 12.1 Å². The van der Waals surface area contributed by atoms with E-state index in [4.69, 9.17) is 0 Å². The van der Waals surface area contributed by atoms with Gasteiger partial charge in [0.1, 0.15) is 5.82 Å². The number of likely N-dealkylation sites (N-methyl/N-ethyl adjacent to an activating group) is 1. The average molecular weight is 238 g/mol. The van der Waals surface area contributed by atoms with Crippen LogP contribution in [0, 0.1) is 5.82 Å². The minimum absolute atomic E-state index is 0.0292. The molecule has 0 aliphatic carbocycles. The molecule has 94 valence electrons. The highest BCUT2D eigenvalue weighted by atomic mass is 19.1. The van der Waals surface area contributed by atoms with Crippen LogP contribution in [0.3, 0.4) is 0 Å². The van der Waals surface area contributed by atoms with E-state index in [0.717, 1.165) is 12.1 Å². The Hall–Kier alpha value is -1.42. The van der Waals surface area contributed by atoms with Crippen LogP contribution in [0.15, 0.2) is 24.3 Å². The Morgan fingerprint density at radius 2 is 1.94 bits per heavy atom. The summed E-state index contributed by atoms with van der Waals surface area (Å²) in [5.74, 6) is -0.565. The molecule has 0 spiro atoms. The van der Waals surface area contributed by atoms with Crippen molar-refractivity contribution in [1.82, 2.24) is 10.2 Å². The fourth-order valence-corrected chi connectivity index (χ4v) is 1.46. The number of carbonyl (C=O) groups excluding carboxylic acids is 1. The lowest BCUT2D eigenvalue weighted by atomic mass is 10.0. The van der Waals surface area contributed by atoms with E-state index in [9.17, 15) is 9.18 Å². The second-order valence-electron chi connectivity index (χ2n) is 4.37. The van der Waals surface area contributed by atoms with Crippen LogP contribution in [-0.2, 0) is 4.79 Å². The average Bonchev–Trinajstić information content (AvgIpc) is 2.28. The van der Waals surface area contributed by atoms with Gasteiger partial charge in [0, 0.05) is 13.1 Å². The Morgan fingerprint density at radius 1 is 1.35 bits per heavy atom. The summed E-state index contributed by atoms with van der Waals surface area (Å²) in [6.07, 6.45) is 0.